The Hall–Kier alpha value is -3.99. The van der Waals surface area contributed by atoms with E-state index in [4.69, 9.17) is 16.3 Å². The second-order valence-electron chi connectivity index (χ2n) is 8.30. The number of anilines is 1. The van der Waals surface area contributed by atoms with Gasteiger partial charge in [0.1, 0.15) is 11.4 Å². The van der Waals surface area contributed by atoms with Gasteiger partial charge in [-0.15, -0.1) is 0 Å². The molecule has 0 saturated heterocycles. The molecule has 11 heteroatoms. The number of nitrogens with one attached hydrogen (secondary N) is 3. The van der Waals surface area contributed by atoms with Crippen LogP contribution in [0.5, 0.6) is 0 Å². The van der Waals surface area contributed by atoms with Gasteiger partial charge in [0.05, 0.1) is 47.1 Å². The Morgan fingerprint density at radius 2 is 1.92 bits per heavy atom. The molecule has 0 bridgehead atoms. The number of amides is 2. The molecule has 2 amide bonds. The number of aliphatic hydroxyl groups is 1. The molecule has 2 aromatic carbocycles. The number of imide groups is 1. The number of halogens is 1. The van der Waals surface area contributed by atoms with E-state index in [-0.39, 0.29) is 42.2 Å². The molecule has 0 fully saturated rings. The standard InChI is InChI=1S/C25H22ClN5O5/c1-36-8-7-31-24(34)15-10-18-19(11-16(15)25(31)35)30-22(29-18)21-17(5-6-27-23(21)33)28-12-20(32)13-3-2-4-14(26)9-13/h2-6,9-11,20,32H,7-8,12H2,1H3,(H,29,30)(H2,27,28,33). The largest absolute Gasteiger partial charge is 0.387 e. The van der Waals surface area contributed by atoms with Crippen LogP contribution in [0.2, 0.25) is 5.02 Å². The number of fused-ring (bicyclic) bond motifs is 2. The van der Waals surface area contributed by atoms with Gasteiger partial charge in [0, 0.05) is 24.9 Å². The zero-order valence-electron chi connectivity index (χ0n) is 19.2. The summed E-state index contributed by atoms with van der Waals surface area (Å²) in [7, 11) is 1.50. The summed E-state index contributed by atoms with van der Waals surface area (Å²) < 4.78 is 4.99. The molecule has 0 radical (unpaired) electrons. The molecule has 4 N–H and O–H groups in total. The van der Waals surface area contributed by atoms with Crippen molar-refractivity contribution in [1.29, 1.82) is 0 Å². The first-order valence-electron chi connectivity index (χ1n) is 11.2. The van der Waals surface area contributed by atoms with Crippen LogP contribution in [0.4, 0.5) is 5.69 Å². The van der Waals surface area contributed by atoms with E-state index < -0.39 is 23.5 Å². The van der Waals surface area contributed by atoms with E-state index in [0.717, 1.165) is 4.90 Å². The maximum absolute atomic E-state index is 12.8. The zero-order valence-corrected chi connectivity index (χ0v) is 19.9. The molecular weight excluding hydrogens is 486 g/mol. The van der Waals surface area contributed by atoms with Crippen molar-refractivity contribution in [2.75, 3.05) is 32.1 Å². The summed E-state index contributed by atoms with van der Waals surface area (Å²) in [5.74, 6) is -0.556. The van der Waals surface area contributed by atoms with Gasteiger partial charge in [-0.2, -0.15) is 0 Å². The second kappa shape index (κ2) is 9.57. The first-order valence-corrected chi connectivity index (χ1v) is 11.5. The van der Waals surface area contributed by atoms with Crippen molar-refractivity contribution < 1.29 is 19.4 Å². The second-order valence-corrected chi connectivity index (χ2v) is 8.74. The number of imidazole rings is 1. The van der Waals surface area contributed by atoms with E-state index in [1.54, 1.807) is 42.5 Å². The van der Waals surface area contributed by atoms with Crippen molar-refractivity contribution >= 4 is 40.1 Å². The predicted octanol–water partition coefficient (Wildman–Crippen LogP) is 2.96. The van der Waals surface area contributed by atoms with Gasteiger partial charge >= 0.3 is 0 Å². The Morgan fingerprint density at radius 1 is 1.14 bits per heavy atom. The van der Waals surface area contributed by atoms with Crippen LogP contribution < -0.4 is 10.9 Å². The Balaban J connectivity index is 1.45. The van der Waals surface area contributed by atoms with Crippen LogP contribution in [-0.4, -0.2) is 63.6 Å². The number of hydrogen-bond acceptors (Lipinski definition) is 7. The highest BCUT2D eigenvalue weighted by molar-refractivity contribution is 6.30. The maximum atomic E-state index is 12.8. The van der Waals surface area contributed by atoms with E-state index in [0.29, 0.717) is 27.3 Å². The van der Waals surface area contributed by atoms with Gasteiger partial charge in [-0.25, -0.2) is 4.98 Å². The number of aliphatic hydroxyl groups excluding tert-OH is 1. The Labute approximate surface area is 209 Å². The number of nitrogens with zero attached hydrogens (tertiary/aromatic N) is 2. The van der Waals surface area contributed by atoms with Crippen molar-refractivity contribution in [2.45, 2.75) is 6.10 Å². The number of ether oxygens (including phenoxy) is 1. The summed E-state index contributed by atoms with van der Waals surface area (Å²) >= 11 is 6.02. The number of hydrogen-bond donors (Lipinski definition) is 4. The molecule has 0 spiro atoms. The summed E-state index contributed by atoms with van der Waals surface area (Å²) in [5, 5.41) is 14.2. The molecule has 4 aromatic rings. The third kappa shape index (κ3) is 4.26. The van der Waals surface area contributed by atoms with E-state index in [1.807, 2.05) is 0 Å². The lowest BCUT2D eigenvalue weighted by Crippen LogP contribution is -2.32. The molecule has 1 aliphatic heterocycles. The predicted molar refractivity (Wildman–Crippen MR) is 134 cm³/mol. The van der Waals surface area contributed by atoms with Crippen LogP contribution in [0.15, 0.2) is 53.5 Å². The number of methoxy groups -OCH3 is 1. The van der Waals surface area contributed by atoms with Crippen molar-refractivity contribution in [1.82, 2.24) is 19.9 Å². The topological polar surface area (TPSA) is 140 Å². The number of carbonyl (C=O) groups excluding carboxylic acids is 2. The van der Waals surface area contributed by atoms with Gasteiger partial charge in [-0.3, -0.25) is 19.3 Å². The highest BCUT2D eigenvalue weighted by Gasteiger charge is 2.36. The molecule has 10 nitrogen and oxygen atoms in total. The summed E-state index contributed by atoms with van der Waals surface area (Å²) in [6.45, 7) is 0.515. The van der Waals surface area contributed by atoms with E-state index in [1.165, 1.54) is 13.3 Å². The SMILES string of the molecule is COCCN1C(=O)c2cc3nc(-c4c(NCC(O)c5cccc(Cl)c5)cc[nH]c4=O)[nH]c3cc2C1=O. The third-order valence-electron chi connectivity index (χ3n) is 6.01. The van der Waals surface area contributed by atoms with Gasteiger partial charge in [-0.05, 0) is 35.9 Å². The van der Waals surface area contributed by atoms with Crippen LogP contribution >= 0.6 is 11.6 Å². The van der Waals surface area contributed by atoms with Crippen LogP contribution in [0.3, 0.4) is 0 Å². The van der Waals surface area contributed by atoms with Crippen LogP contribution in [-0.2, 0) is 4.74 Å². The molecule has 1 unspecified atom stereocenters. The first-order chi connectivity index (χ1) is 17.4. The smallest absolute Gasteiger partial charge is 0.261 e. The summed E-state index contributed by atoms with van der Waals surface area (Å²) in [5.41, 5.74) is 2.37. The maximum Gasteiger partial charge on any atom is 0.261 e. The highest BCUT2D eigenvalue weighted by atomic mass is 35.5. The number of aromatic amines is 2. The quantitative estimate of drug-likeness (QED) is 0.269. The molecule has 3 heterocycles. The van der Waals surface area contributed by atoms with Crippen LogP contribution in [0.25, 0.3) is 22.4 Å². The molecular formula is C25H22ClN5O5. The lowest BCUT2D eigenvalue weighted by atomic mass is 10.1. The lowest BCUT2D eigenvalue weighted by Gasteiger charge is -2.15. The molecule has 36 heavy (non-hydrogen) atoms. The van der Waals surface area contributed by atoms with Gasteiger partial charge in [0.15, 0.2) is 0 Å². The van der Waals surface area contributed by atoms with Crippen molar-refractivity contribution in [3.63, 3.8) is 0 Å². The van der Waals surface area contributed by atoms with Crippen molar-refractivity contribution in [3.8, 4) is 11.4 Å². The fourth-order valence-corrected chi connectivity index (χ4v) is 4.40. The van der Waals surface area contributed by atoms with Gasteiger partial charge in [0.2, 0.25) is 0 Å². The number of benzene rings is 2. The molecule has 5 rings (SSSR count). The minimum atomic E-state index is -0.868. The number of rotatable bonds is 8. The Bertz CT molecular complexity index is 1490. The molecule has 1 atom stereocenters. The normalized spacial score (nSPS) is 13.9. The number of aromatic nitrogens is 3. The highest BCUT2D eigenvalue weighted by Crippen LogP contribution is 2.30. The molecule has 0 aliphatic carbocycles. The third-order valence-corrected chi connectivity index (χ3v) is 6.24. The minimum Gasteiger partial charge on any atom is -0.387 e. The average Bonchev–Trinajstić information content (AvgIpc) is 3.38. The summed E-state index contributed by atoms with van der Waals surface area (Å²) in [4.78, 5) is 49.6. The molecule has 184 valence electrons. The monoisotopic (exact) mass is 507 g/mol. The first kappa shape index (κ1) is 23.7. The summed E-state index contributed by atoms with van der Waals surface area (Å²) in [6, 6.07) is 11.7. The van der Waals surface area contributed by atoms with Gasteiger partial charge in [0.25, 0.3) is 17.4 Å². The zero-order chi connectivity index (χ0) is 25.4. The molecule has 0 saturated carbocycles. The molecule has 1 aliphatic rings. The fourth-order valence-electron chi connectivity index (χ4n) is 4.20. The minimum absolute atomic E-state index is 0.117. The lowest BCUT2D eigenvalue weighted by molar-refractivity contribution is 0.0603. The van der Waals surface area contributed by atoms with Gasteiger partial charge in [-0.1, -0.05) is 23.7 Å². The Morgan fingerprint density at radius 3 is 2.67 bits per heavy atom. The number of pyridine rings is 1. The van der Waals surface area contributed by atoms with E-state index >= 15 is 0 Å². The van der Waals surface area contributed by atoms with E-state index in [2.05, 4.69) is 20.3 Å². The molecule has 2 aromatic heterocycles. The van der Waals surface area contributed by atoms with Crippen molar-refractivity contribution in [3.05, 3.63) is 80.7 Å². The van der Waals surface area contributed by atoms with Crippen molar-refractivity contribution in [2.24, 2.45) is 0 Å². The van der Waals surface area contributed by atoms with Crippen LogP contribution in [0.1, 0.15) is 32.4 Å². The Kier molecular flexibility index (Phi) is 6.31. The van der Waals surface area contributed by atoms with E-state index in [9.17, 15) is 19.5 Å². The van der Waals surface area contributed by atoms with Crippen LogP contribution in [0, 0.1) is 0 Å². The average molecular weight is 508 g/mol. The number of carbonyl (C=O) groups is 2. The van der Waals surface area contributed by atoms with Gasteiger partial charge < -0.3 is 25.1 Å². The summed E-state index contributed by atoms with van der Waals surface area (Å²) in [6.07, 6.45) is 0.621. The fraction of sp³-hybridized carbons (Fsp3) is 0.200. The number of H-pyrrole nitrogens is 2.